The van der Waals surface area contributed by atoms with Crippen LogP contribution in [0, 0.1) is 0 Å². The predicted octanol–water partition coefficient (Wildman–Crippen LogP) is 1.20. The molecule has 8 heteroatoms. The maximum Gasteiger partial charge on any atom is 0.287 e. The van der Waals surface area contributed by atoms with E-state index in [0.29, 0.717) is 29.9 Å². The van der Waals surface area contributed by atoms with E-state index >= 15 is 0 Å². The highest BCUT2D eigenvalue weighted by Gasteiger charge is 2.32. The van der Waals surface area contributed by atoms with Gasteiger partial charge in [0.05, 0.1) is 6.04 Å². The van der Waals surface area contributed by atoms with Crippen molar-refractivity contribution in [3.05, 3.63) is 21.8 Å². The zero-order valence-electron chi connectivity index (χ0n) is 12.7. The van der Waals surface area contributed by atoms with Crippen LogP contribution in [-0.2, 0) is 9.53 Å². The molecular formula is C15H18N4O3S. The first-order valence-electron chi connectivity index (χ1n) is 7.97. The molecule has 2 aliphatic heterocycles. The highest BCUT2D eigenvalue weighted by atomic mass is 32.1. The SMILES string of the molecule is O=C(C1CCCO1)N1CCC(n2nnc3ccsc3c2=O)CC1. The van der Waals surface area contributed by atoms with Gasteiger partial charge >= 0.3 is 0 Å². The number of carbonyl (C=O) groups excluding carboxylic acids is 1. The van der Waals surface area contributed by atoms with E-state index in [1.54, 1.807) is 0 Å². The fraction of sp³-hybridized carbons (Fsp3) is 0.600. The van der Waals surface area contributed by atoms with Crippen molar-refractivity contribution in [3.63, 3.8) is 0 Å². The molecule has 0 radical (unpaired) electrons. The molecule has 2 aromatic heterocycles. The molecule has 0 aromatic carbocycles. The zero-order valence-corrected chi connectivity index (χ0v) is 13.5. The molecular weight excluding hydrogens is 316 g/mol. The van der Waals surface area contributed by atoms with Gasteiger partial charge in [-0.2, -0.15) is 0 Å². The van der Waals surface area contributed by atoms with Gasteiger partial charge < -0.3 is 9.64 Å². The largest absolute Gasteiger partial charge is 0.368 e. The molecule has 1 atom stereocenters. The van der Waals surface area contributed by atoms with Crippen LogP contribution < -0.4 is 5.56 Å². The van der Waals surface area contributed by atoms with Crippen molar-refractivity contribution in [2.45, 2.75) is 37.8 Å². The number of hydrogen-bond acceptors (Lipinski definition) is 6. The molecule has 0 N–H and O–H groups in total. The molecule has 23 heavy (non-hydrogen) atoms. The van der Waals surface area contributed by atoms with Crippen molar-refractivity contribution in [1.82, 2.24) is 19.9 Å². The summed E-state index contributed by atoms with van der Waals surface area (Å²) in [6.07, 6.45) is 2.96. The summed E-state index contributed by atoms with van der Waals surface area (Å²) in [5.74, 6) is 0.0908. The van der Waals surface area contributed by atoms with Gasteiger partial charge in [-0.15, -0.1) is 16.4 Å². The Labute approximate surface area is 136 Å². The topological polar surface area (TPSA) is 77.3 Å². The van der Waals surface area contributed by atoms with Crippen LogP contribution in [0.2, 0.25) is 0 Å². The van der Waals surface area contributed by atoms with Gasteiger partial charge in [0.25, 0.3) is 11.5 Å². The number of ether oxygens (including phenoxy) is 1. The number of piperidine rings is 1. The summed E-state index contributed by atoms with van der Waals surface area (Å²) < 4.78 is 7.61. The summed E-state index contributed by atoms with van der Waals surface area (Å²) in [5, 5.41) is 10.1. The Morgan fingerprint density at radius 2 is 2.13 bits per heavy atom. The molecule has 0 bridgehead atoms. The Morgan fingerprint density at radius 1 is 1.30 bits per heavy atom. The van der Waals surface area contributed by atoms with Crippen molar-refractivity contribution < 1.29 is 9.53 Å². The number of fused-ring (bicyclic) bond motifs is 1. The van der Waals surface area contributed by atoms with Gasteiger partial charge in [0.1, 0.15) is 16.3 Å². The number of carbonyl (C=O) groups is 1. The number of amides is 1. The summed E-state index contributed by atoms with van der Waals surface area (Å²) >= 11 is 1.40. The predicted molar refractivity (Wildman–Crippen MR) is 85.5 cm³/mol. The number of nitrogens with zero attached hydrogens (tertiary/aromatic N) is 4. The first-order chi connectivity index (χ1) is 11.2. The molecule has 7 nitrogen and oxygen atoms in total. The van der Waals surface area contributed by atoms with E-state index in [9.17, 15) is 9.59 Å². The van der Waals surface area contributed by atoms with Crippen molar-refractivity contribution in [3.8, 4) is 0 Å². The van der Waals surface area contributed by atoms with E-state index in [2.05, 4.69) is 10.3 Å². The van der Waals surface area contributed by atoms with Gasteiger partial charge in [0.15, 0.2) is 0 Å². The van der Waals surface area contributed by atoms with Crippen LogP contribution in [0.15, 0.2) is 16.2 Å². The van der Waals surface area contributed by atoms with E-state index in [4.69, 9.17) is 4.74 Å². The minimum absolute atomic E-state index is 0.00930. The summed E-state index contributed by atoms with van der Waals surface area (Å²) in [4.78, 5) is 26.7. The lowest BCUT2D eigenvalue weighted by atomic mass is 10.0. The first kappa shape index (κ1) is 14.8. The minimum atomic E-state index is -0.267. The van der Waals surface area contributed by atoms with Gasteiger partial charge in [-0.1, -0.05) is 5.21 Å². The Morgan fingerprint density at radius 3 is 2.87 bits per heavy atom. The van der Waals surface area contributed by atoms with E-state index < -0.39 is 0 Å². The number of hydrogen-bond donors (Lipinski definition) is 0. The van der Waals surface area contributed by atoms with E-state index in [1.165, 1.54) is 16.0 Å². The first-order valence-corrected chi connectivity index (χ1v) is 8.85. The third-order valence-electron chi connectivity index (χ3n) is 4.62. The molecule has 0 saturated carbocycles. The van der Waals surface area contributed by atoms with Gasteiger partial charge in [0.2, 0.25) is 0 Å². The lowest BCUT2D eigenvalue weighted by Gasteiger charge is -2.33. The molecule has 1 amide bonds. The molecule has 0 aliphatic carbocycles. The third kappa shape index (κ3) is 2.66. The monoisotopic (exact) mass is 334 g/mol. The van der Waals surface area contributed by atoms with Crippen LogP contribution >= 0.6 is 11.3 Å². The fourth-order valence-electron chi connectivity index (χ4n) is 3.33. The molecule has 4 rings (SSSR count). The van der Waals surface area contributed by atoms with E-state index in [-0.39, 0.29) is 23.6 Å². The fourth-order valence-corrected chi connectivity index (χ4v) is 4.09. The lowest BCUT2D eigenvalue weighted by Crippen LogP contribution is -2.45. The van der Waals surface area contributed by atoms with E-state index in [0.717, 1.165) is 25.7 Å². The third-order valence-corrected chi connectivity index (χ3v) is 5.51. The second-order valence-corrected chi connectivity index (χ2v) is 6.95. The molecule has 4 heterocycles. The quantitative estimate of drug-likeness (QED) is 0.824. The van der Waals surface area contributed by atoms with Crippen LogP contribution in [0.25, 0.3) is 10.2 Å². The molecule has 2 saturated heterocycles. The Kier molecular flexibility index (Phi) is 3.86. The lowest BCUT2D eigenvalue weighted by molar-refractivity contribution is -0.142. The Hall–Kier alpha value is -1.80. The number of likely N-dealkylation sites (tertiary alicyclic amines) is 1. The minimum Gasteiger partial charge on any atom is -0.368 e. The van der Waals surface area contributed by atoms with Crippen LogP contribution in [-0.4, -0.2) is 51.6 Å². The van der Waals surface area contributed by atoms with Crippen molar-refractivity contribution >= 4 is 27.5 Å². The Balaban J connectivity index is 1.47. The number of rotatable bonds is 2. The maximum absolute atomic E-state index is 12.5. The number of thiophene rings is 1. The molecule has 2 fully saturated rings. The zero-order chi connectivity index (χ0) is 15.8. The van der Waals surface area contributed by atoms with Crippen LogP contribution in [0.4, 0.5) is 0 Å². The maximum atomic E-state index is 12.5. The standard InChI is InChI=1S/C15H18N4O3S/c20-14(12-2-1-8-22-12)18-6-3-10(4-7-18)19-15(21)13-11(16-17-19)5-9-23-13/h5,9-10,12H,1-4,6-8H2. The van der Waals surface area contributed by atoms with Crippen molar-refractivity contribution in [2.24, 2.45) is 0 Å². The summed E-state index contributed by atoms with van der Waals surface area (Å²) in [5.41, 5.74) is 0.580. The second-order valence-electron chi connectivity index (χ2n) is 6.03. The van der Waals surface area contributed by atoms with Gasteiger partial charge in [-0.05, 0) is 37.1 Å². The summed E-state index contributed by atoms with van der Waals surface area (Å²) in [6, 6.07) is 1.82. The van der Waals surface area contributed by atoms with Gasteiger partial charge in [0, 0.05) is 19.7 Å². The van der Waals surface area contributed by atoms with E-state index in [1.807, 2.05) is 16.3 Å². The molecule has 2 aromatic rings. The second kappa shape index (κ2) is 6.01. The van der Waals surface area contributed by atoms with Gasteiger partial charge in [-0.3, -0.25) is 9.59 Å². The average molecular weight is 334 g/mol. The molecule has 1 unspecified atom stereocenters. The summed E-state index contributed by atoms with van der Waals surface area (Å²) in [7, 11) is 0. The van der Waals surface area contributed by atoms with Crippen molar-refractivity contribution in [1.29, 1.82) is 0 Å². The molecule has 122 valence electrons. The van der Waals surface area contributed by atoms with Crippen LogP contribution in [0.3, 0.4) is 0 Å². The number of aromatic nitrogens is 3. The highest BCUT2D eigenvalue weighted by molar-refractivity contribution is 7.17. The van der Waals surface area contributed by atoms with Gasteiger partial charge in [-0.25, -0.2) is 4.68 Å². The Bertz CT molecular complexity index is 772. The molecule has 0 spiro atoms. The average Bonchev–Trinajstić information content (AvgIpc) is 3.27. The highest BCUT2D eigenvalue weighted by Crippen LogP contribution is 2.24. The summed E-state index contributed by atoms with van der Waals surface area (Å²) in [6.45, 7) is 1.96. The molecule has 2 aliphatic rings. The van der Waals surface area contributed by atoms with Crippen LogP contribution in [0.5, 0.6) is 0 Å². The van der Waals surface area contributed by atoms with Crippen molar-refractivity contribution in [2.75, 3.05) is 19.7 Å². The van der Waals surface area contributed by atoms with Crippen LogP contribution in [0.1, 0.15) is 31.7 Å². The smallest absolute Gasteiger partial charge is 0.287 e. The normalized spacial score (nSPS) is 22.8.